The van der Waals surface area contributed by atoms with Gasteiger partial charge in [-0.2, -0.15) is 0 Å². The lowest BCUT2D eigenvalue weighted by molar-refractivity contribution is 0.269. The second-order valence-corrected chi connectivity index (χ2v) is 2.87. The maximum atomic E-state index is 9.28. The van der Waals surface area contributed by atoms with Gasteiger partial charge in [0.15, 0.2) is 0 Å². The maximum Gasteiger partial charge on any atom is 0.136 e. The predicted molar refractivity (Wildman–Crippen MR) is 54.9 cm³/mol. The number of aliphatic hydroxyl groups is 1. The zero-order valence-corrected chi connectivity index (χ0v) is 7.57. The molecule has 0 aliphatic rings. The quantitative estimate of drug-likeness (QED) is 0.677. The third-order valence-corrected chi connectivity index (χ3v) is 1.78. The Kier molecular flexibility index (Phi) is 3.31. The fourth-order valence-corrected chi connectivity index (χ4v) is 1.02. The van der Waals surface area contributed by atoms with Crippen molar-refractivity contribution in [2.24, 2.45) is 0 Å². The summed E-state index contributed by atoms with van der Waals surface area (Å²) < 4.78 is 0. The zero-order valence-electron chi connectivity index (χ0n) is 7.57. The minimum Gasteiger partial charge on any atom is -0.376 e. The van der Waals surface area contributed by atoms with Crippen molar-refractivity contribution in [2.75, 3.05) is 0 Å². The lowest BCUT2D eigenvalue weighted by Crippen LogP contribution is -2.03. The number of terminal acetylenes is 1. The molecule has 0 saturated heterocycles. The zero-order chi connectivity index (χ0) is 9.68. The smallest absolute Gasteiger partial charge is 0.136 e. The molecule has 1 rings (SSSR count). The molecule has 1 atom stereocenters. The van der Waals surface area contributed by atoms with Crippen molar-refractivity contribution >= 4 is 6.08 Å². The first-order valence-corrected chi connectivity index (χ1v) is 4.11. The van der Waals surface area contributed by atoms with Crippen LogP contribution in [0.4, 0.5) is 0 Å². The molecule has 1 nitrogen and oxygen atoms in total. The van der Waals surface area contributed by atoms with Crippen molar-refractivity contribution in [3.05, 3.63) is 41.5 Å². The monoisotopic (exact) mass is 172 g/mol. The molecule has 0 radical (unpaired) electrons. The summed E-state index contributed by atoms with van der Waals surface area (Å²) in [4.78, 5) is 0. The standard InChI is InChI=1S/C12H12O/c1-3-12(13)10(2)9-11-7-5-4-6-8-11/h1,4-9,12-13H,2H3/b10-9+. The SMILES string of the molecule is C#CC(O)/C(C)=C/c1ccccc1. The van der Waals surface area contributed by atoms with Crippen LogP contribution in [0.25, 0.3) is 6.08 Å². The summed E-state index contributed by atoms with van der Waals surface area (Å²) in [7, 11) is 0. The van der Waals surface area contributed by atoms with E-state index in [0.29, 0.717) is 0 Å². The van der Waals surface area contributed by atoms with E-state index in [1.165, 1.54) is 0 Å². The van der Waals surface area contributed by atoms with E-state index in [-0.39, 0.29) is 0 Å². The molecule has 1 aromatic carbocycles. The number of aliphatic hydroxyl groups excluding tert-OH is 1. The van der Waals surface area contributed by atoms with Gasteiger partial charge >= 0.3 is 0 Å². The Morgan fingerprint density at radius 2 is 2.08 bits per heavy atom. The summed E-state index contributed by atoms with van der Waals surface area (Å²) in [6.45, 7) is 1.82. The van der Waals surface area contributed by atoms with Gasteiger partial charge in [0.2, 0.25) is 0 Å². The molecule has 1 aromatic rings. The lowest BCUT2D eigenvalue weighted by atomic mass is 10.1. The van der Waals surface area contributed by atoms with Crippen LogP contribution < -0.4 is 0 Å². The van der Waals surface area contributed by atoms with E-state index >= 15 is 0 Å². The van der Waals surface area contributed by atoms with Crippen LogP contribution in [0, 0.1) is 12.3 Å². The molecule has 66 valence electrons. The molecule has 0 amide bonds. The van der Waals surface area contributed by atoms with Gasteiger partial charge in [0, 0.05) is 0 Å². The molecule has 1 N–H and O–H groups in total. The second kappa shape index (κ2) is 4.49. The highest BCUT2D eigenvalue weighted by Gasteiger charge is 1.99. The lowest BCUT2D eigenvalue weighted by Gasteiger charge is -2.02. The minimum atomic E-state index is -0.778. The average molecular weight is 172 g/mol. The summed E-state index contributed by atoms with van der Waals surface area (Å²) in [5, 5.41) is 9.28. The van der Waals surface area contributed by atoms with Crippen LogP contribution in [-0.4, -0.2) is 11.2 Å². The van der Waals surface area contributed by atoms with E-state index < -0.39 is 6.10 Å². The topological polar surface area (TPSA) is 20.2 Å². The number of rotatable bonds is 2. The van der Waals surface area contributed by atoms with Gasteiger partial charge in [-0.1, -0.05) is 42.3 Å². The largest absolute Gasteiger partial charge is 0.376 e. The molecule has 0 aliphatic carbocycles. The van der Waals surface area contributed by atoms with E-state index in [4.69, 9.17) is 6.42 Å². The number of hydrogen-bond donors (Lipinski definition) is 1. The van der Waals surface area contributed by atoms with Gasteiger partial charge in [-0.3, -0.25) is 0 Å². The summed E-state index contributed by atoms with van der Waals surface area (Å²) in [6, 6.07) is 9.77. The van der Waals surface area contributed by atoms with Crippen LogP contribution in [-0.2, 0) is 0 Å². The fourth-order valence-electron chi connectivity index (χ4n) is 1.02. The first kappa shape index (κ1) is 9.57. The maximum absolute atomic E-state index is 9.28. The van der Waals surface area contributed by atoms with Crippen molar-refractivity contribution in [1.29, 1.82) is 0 Å². The van der Waals surface area contributed by atoms with Gasteiger partial charge in [0.1, 0.15) is 6.10 Å². The molecule has 0 fully saturated rings. The van der Waals surface area contributed by atoms with Crippen molar-refractivity contribution in [3.63, 3.8) is 0 Å². The van der Waals surface area contributed by atoms with E-state index in [2.05, 4.69) is 5.92 Å². The highest BCUT2D eigenvalue weighted by atomic mass is 16.3. The Morgan fingerprint density at radius 3 is 2.62 bits per heavy atom. The Labute approximate surface area is 78.7 Å². The van der Waals surface area contributed by atoms with E-state index in [1.54, 1.807) is 0 Å². The van der Waals surface area contributed by atoms with Crippen LogP contribution in [0.1, 0.15) is 12.5 Å². The van der Waals surface area contributed by atoms with Gasteiger partial charge in [0.05, 0.1) is 0 Å². The highest BCUT2D eigenvalue weighted by molar-refractivity contribution is 5.53. The number of benzene rings is 1. The van der Waals surface area contributed by atoms with Gasteiger partial charge in [-0.25, -0.2) is 0 Å². The van der Waals surface area contributed by atoms with E-state index in [1.807, 2.05) is 43.3 Å². The second-order valence-electron chi connectivity index (χ2n) is 2.87. The normalized spacial score (nSPS) is 13.5. The van der Waals surface area contributed by atoms with Crippen LogP contribution in [0.5, 0.6) is 0 Å². The number of hydrogen-bond acceptors (Lipinski definition) is 1. The van der Waals surface area contributed by atoms with E-state index in [0.717, 1.165) is 11.1 Å². The molecule has 0 saturated carbocycles. The van der Waals surface area contributed by atoms with Crippen LogP contribution in [0.2, 0.25) is 0 Å². The Bertz CT molecular complexity index is 330. The highest BCUT2D eigenvalue weighted by Crippen LogP contribution is 2.08. The Morgan fingerprint density at radius 1 is 1.46 bits per heavy atom. The molecule has 1 heteroatoms. The van der Waals surface area contributed by atoms with Crippen molar-refractivity contribution in [1.82, 2.24) is 0 Å². The third-order valence-electron chi connectivity index (χ3n) is 1.78. The summed E-state index contributed by atoms with van der Waals surface area (Å²) in [5.41, 5.74) is 1.84. The minimum absolute atomic E-state index is 0.778. The Balaban J connectivity index is 2.84. The van der Waals surface area contributed by atoms with Gasteiger partial charge < -0.3 is 5.11 Å². The summed E-state index contributed by atoms with van der Waals surface area (Å²) in [5.74, 6) is 2.27. The summed E-state index contributed by atoms with van der Waals surface area (Å²) in [6.07, 6.45) is 6.19. The fraction of sp³-hybridized carbons (Fsp3) is 0.167. The van der Waals surface area contributed by atoms with Crippen LogP contribution in [0.3, 0.4) is 0 Å². The van der Waals surface area contributed by atoms with Crippen LogP contribution >= 0.6 is 0 Å². The average Bonchev–Trinajstić information content (AvgIpc) is 2.18. The van der Waals surface area contributed by atoms with Crippen molar-refractivity contribution < 1.29 is 5.11 Å². The molecule has 0 heterocycles. The molecule has 13 heavy (non-hydrogen) atoms. The van der Waals surface area contributed by atoms with Gasteiger partial charge in [-0.05, 0) is 18.1 Å². The summed E-state index contributed by atoms with van der Waals surface area (Å²) >= 11 is 0. The van der Waals surface area contributed by atoms with Crippen LogP contribution in [0.15, 0.2) is 35.9 Å². The molecular weight excluding hydrogens is 160 g/mol. The predicted octanol–water partition coefficient (Wildman–Crippen LogP) is 2.08. The van der Waals surface area contributed by atoms with Crippen molar-refractivity contribution in [3.8, 4) is 12.3 Å². The van der Waals surface area contributed by atoms with Gasteiger partial charge in [0.25, 0.3) is 0 Å². The molecule has 0 spiro atoms. The van der Waals surface area contributed by atoms with Crippen molar-refractivity contribution in [2.45, 2.75) is 13.0 Å². The molecule has 0 aromatic heterocycles. The van der Waals surface area contributed by atoms with Gasteiger partial charge in [-0.15, -0.1) is 6.42 Å². The molecule has 0 aliphatic heterocycles. The third kappa shape index (κ3) is 2.77. The molecular formula is C12H12O. The first-order valence-electron chi connectivity index (χ1n) is 4.11. The molecule has 1 unspecified atom stereocenters. The van der Waals surface area contributed by atoms with E-state index in [9.17, 15) is 5.11 Å². The Hall–Kier alpha value is -1.52. The molecule has 0 bridgehead atoms. The first-order chi connectivity index (χ1) is 6.24.